The summed E-state index contributed by atoms with van der Waals surface area (Å²) < 4.78 is 0. The fourth-order valence-electron chi connectivity index (χ4n) is 3.23. The number of carbonyl (C=O) groups excluding carboxylic acids is 1. The Balaban J connectivity index is 1.86. The molecule has 1 fully saturated rings. The van der Waals surface area contributed by atoms with Crippen molar-refractivity contribution in [1.82, 2.24) is 10.2 Å². The molecule has 21 heavy (non-hydrogen) atoms. The van der Waals surface area contributed by atoms with Crippen LogP contribution >= 0.6 is 0 Å². The van der Waals surface area contributed by atoms with Crippen molar-refractivity contribution in [2.75, 3.05) is 19.6 Å². The van der Waals surface area contributed by atoms with Gasteiger partial charge in [0.2, 0.25) is 5.91 Å². The SMILES string of the molecule is Cc1ccc(C(C)NC2CCN(CC(N)=O)CC2)c(C)c1. The average molecular weight is 289 g/mol. The molecule has 1 amide bonds. The van der Waals surface area contributed by atoms with Crippen LogP contribution in [0.15, 0.2) is 18.2 Å². The Kier molecular flexibility index (Phi) is 5.37. The van der Waals surface area contributed by atoms with Gasteiger partial charge in [0.05, 0.1) is 6.54 Å². The molecule has 4 nitrogen and oxygen atoms in total. The number of hydrogen-bond donors (Lipinski definition) is 2. The van der Waals surface area contributed by atoms with E-state index in [9.17, 15) is 4.79 Å². The van der Waals surface area contributed by atoms with E-state index in [-0.39, 0.29) is 5.91 Å². The molecule has 1 aromatic rings. The summed E-state index contributed by atoms with van der Waals surface area (Å²) in [7, 11) is 0. The number of primary amides is 1. The molecule has 1 aromatic carbocycles. The first-order chi connectivity index (χ1) is 9.95. The Morgan fingerprint density at radius 3 is 2.62 bits per heavy atom. The van der Waals surface area contributed by atoms with Gasteiger partial charge in [-0.3, -0.25) is 9.69 Å². The molecule has 0 spiro atoms. The fourth-order valence-corrected chi connectivity index (χ4v) is 3.23. The summed E-state index contributed by atoms with van der Waals surface area (Å²) in [5.74, 6) is -0.231. The Labute approximate surface area is 127 Å². The highest BCUT2D eigenvalue weighted by Crippen LogP contribution is 2.21. The second kappa shape index (κ2) is 7.05. The van der Waals surface area contributed by atoms with Crippen LogP contribution in [0.5, 0.6) is 0 Å². The molecule has 1 aliphatic heterocycles. The van der Waals surface area contributed by atoms with Gasteiger partial charge in [0.25, 0.3) is 0 Å². The summed E-state index contributed by atoms with van der Waals surface area (Å²) in [5, 5.41) is 3.73. The predicted octanol–water partition coefficient (Wildman–Crippen LogP) is 1.90. The van der Waals surface area contributed by atoms with Crippen molar-refractivity contribution in [3.05, 3.63) is 34.9 Å². The molecule has 0 aliphatic carbocycles. The lowest BCUT2D eigenvalue weighted by atomic mass is 9.97. The van der Waals surface area contributed by atoms with Crippen molar-refractivity contribution < 1.29 is 4.79 Å². The van der Waals surface area contributed by atoms with E-state index in [0.29, 0.717) is 18.6 Å². The van der Waals surface area contributed by atoms with Gasteiger partial charge in [0, 0.05) is 25.2 Å². The lowest BCUT2D eigenvalue weighted by molar-refractivity contribution is -0.119. The largest absolute Gasteiger partial charge is 0.369 e. The molecule has 0 bridgehead atoms. The number of nitrogens with zero attached hydrogens (tertiary/aromatic N) is 1. The second-order valence-electron chi connectivity index (χ2n) is 6.27. The van der Waals surface area contributed by atoms with Gasteiger partial charge in [-0.1, -0.05) is 23.8 Å². The van der Waals surface area contributed by atoms with Crippen molar-refractivity contribution >= 4 is 5.91 Å². The second-order valence-corrected chi connectivity index (χ2v) is 6.27. The number of carbonyl (C=O) groups is 1. The van der Waals surface area contributed by atoms with Crippen LogP contribution in [0.25, 0.3) is 0 Å². The minimum Gasteiger partial charge on any atom is -0.369 e. The molecule has 1 unspecified atom stereocenters. The summed E-state index contributed by atoms with van der Waals surface area (Å²) in [6.45, 7) is 8.81. The van der Waals surface area contributed by atoms with Gasteiger partial charge in [0.1, 0.15) is 0 Å². The van der Waals surface area contributed by atoms with E-state index in [0.717, 1.165) is 25.9 Å². The number of likely N-dealkylation sites (tertiary alicyclic amines) is 1. The Hall–Kier alpha value is -1.39. The highest BCUT2D eigenvalue weighted by molar-refractivity contribution is 5.75. The van der Waals surface area contributed by atoms with Crippen LogP contribution in [0, 0.1) is 13.8 Å². The fraction of sp³-hybridized carbons (Fsp3) is 0.588. The van der Waals surface area contributed by atoms with Gasteiger partial charge in [-0.25, -0.2) is 0 Å². The topological polar surface area (TPSA) is 58.4 Å². The Morgan fingerprint density at radius 2 is 2.05 bits per heavy atom. The van der Waals surface area contributed by atoms with E-state index < -0.39 is 0 Å². The number of piperidine rings is 1. The first-order valence-corrected chi connectivity index (χ1v) is 7.79. The number of nitrogens with two attached hydrogens (primary N) is 1. The number of rotatable bonds is 5. The highest BCUT2D eigenvalue weighted by Gasteiger charge is 2.21. The maximum Gasteiger partial charge on any atom is 0.231 e. The van der Waals surface area contributed by atoms with Crippen molar-refractivity contribution in [3.63, 3.8) is 0 Å². The van der Waals surface area contributed by atoms with Gasteiger partial charge in [-0.05, 0) is 44.7 Å². The Morgan fingerprint density at radius 1 is 1.38 bits per heavy atom. The molecule has 116 valence electrons. The van der Waals surface area contributed by atoms with Crippen molar-refractivity contribution in [2.45, 2.75) is 45.7 Å². The number of amides is 1. The van der Waals surface area contributed by atoms with Gasteiger partial charge >= 0.3 is 0 Å². The lowest BCUT2D eigenvalue weighted by Gasteiger charge is -2.33. The zero-order valence-electron chi connectivity index (χ0n) is 13.4. The lowest BCUT2D eigenvalue weighted by Crippen LogP contribution is -2.45. The van der Waals surface area contributed by atoms with Gasteiger partial charge in [-0.2, -0.15) is 0 Å². The zero-order chi connectivity index (χ0) is 15.4. The van der Waals surface area contributed by atoms with E-state index in [1.807, 2.05) is 0 Å². The molecule has 2 rings (SSSR count). The van der Waals surface area contributed by atoms with E-state index >= 15 is 0 Å². The number of benzene rings is 1. The van der Waals surface area contributed by atoms with Crippen LogP contribution in [-0.2, 0) is 4.79 Å². The van der Waals surface area contributed by atoms with Crippen molar-refractivity contribution in [2.24, 2.45) is 5.73 Å². The quantitative estimate of drug-likeness (QED) is 0.870. The maximum atomic E-state index is 10.9. The number of aryl methyl sites for hydroxylation is 2. The van der Waals surface area contributed by atoms with Gasteiger partial charge in [-0.15, -0.1) is 0 Å². The van der Waals surface area contributed by atoms with Crippen LogP contribution in [0.2, 0.25) is 0 Å². The molecule has 0 saturated carbocycles. The summed E-state index contributed by atoms with van der Waals surface area (Å²) in [5.41, 5.74) is 9.28. The third kappa shape index (κ3) is 4.55. The molecule has 0 aromatic heterocycles. The highest BCUT2D eigenvalue weighted by atomic mass is 16.1. The molecule has 4 heteroatoms. The monoisotopic (exact) mass is 289 g/mol. The van der Waals surface area contributed by atoms with Crippen molar-refractivity contribution in [1.29, 1.82) is 0 Å². The first-order valence-electron chi connectivity index (χ1n) is 7.79. The first kappa shape index (κ1) is 16.0. The number of nitrogens with one attached hydrogen (secondary N) is 1. The van der Waals surface area contributed by atoms with E-state index in [1.54, 1.807) is 0 Å². The van der Waals surface area contributed by atoms with Gasteiger partial charge in [0.15, 0.2) is 0 Å². The molecule has 1 saturated heterocycles. The minimum atomic E-state index is -0.231. The Bertz CT molecular complexity index is 493. The maximum absolute atomic E-state index is 10.9. The molecular weight excluding hydrogens is 262 g/mol. The summed E-state index contributed by atoms with van der Waals surface area (Å²) in [6.07, 6.45) is 2.14. The summed E-state index contributed by atoms with van der Waals surface area (Å²) in [4.78, 5) is 13.1. The van der Waals surface area contributed by atoms with Crippen LogP contribution < -0.4 is 11.1 Å². The van der Waals surface area contributed by atoms with Crippen LogP contribution in [0.4, 0.5) is 0 Å². The average Bonchev–Trinajstić information content (AvgIpc) is 2.40. The molecule has 1 atom stereocenters. The van der Waals surface area contributed by atoms with E-state index in [2.05, 4.69) is 49.2 Å². The van der Waals surface area contributed by atoms with Crippen LogP contribution in [0.1, 0.15) is 42.5 Å². The van der Waals surface area contributed by atoms with E-state index in [4.69, 9.17) is 5.73 Å². The molecule has 1 heterocycles. The van der Waals surface area contributed by atoms with Crippen molar-refractivity contribution in [3.8, 4) is 0 Å². The van der Waals surface area contributed by atoms with E-state index in [1.165, 1.54) is 16.7 Å². The molecule has 3 N–H and O–H groups in total. The molecule has 1 aliphatic rings. The van der Waals surface area contributed by atoms with Crippen LogP contribution in [-0.4, -0.2) is 36.5 Å². The predicted molar refractivity (Wildman–Crippen MR) is 86.1 cm³/mol. The normalized spacial score (nSPS) is 18.6. The summed E-state index contributed by atoms with van der Waals surface area (Å²) >= 11 is 0. The third-order valence-corrected chi connectivity index (χ3v) is 4.34. The standard InChI is InChI=1S/C17H27N3O/c1-12-4-5-16(13(2)10-12)14(3)19-15-6-8-20(9-7-15)11-17(18)21/h4-5,10,14-15,19H,6-9,11H2,1-3H3,(H2,18,21). The minimum absolute atomic E-state index is 0.231. The third-order valence-electron chi connectivity index (χ3n) is 4.34. The summed E-state index contributed by atoms with van der Waals surface area (Å²) in [6, 6.07) is 7.52. The number of hydrogen-bond acceptors (Lipinski definition) is 3. The van der Waals surface area contributed by atoms with Crippen LogP contribution in [0.3, 0.4) is 0 Å². The molecular formula is C17H27N3O. The molecule has 0 radical (unpaired) electrons. The van der Waals surface area contributed by atoms with Gasteiger partial charge < -0.3 is 11.1 Å². The zero-order valence-corrected chi connectivity index (χ0v) is 13.4. The smallest absolute Gasteiger partial charge is 0.231 e.